The number of carbonyl (C=O) groups is 3. The van der Waals surface area contributed by atoms with Gasteiger partial charge in [0.15, 0.2) is 0 Å². The minimum Gasteiger partial charge on any atom is -0.481 e. The number of carboxylic acid groups (broad SMARTS) is 1. The molecule has 0 heterocycles. The summed E-state index contributed by atoms with van der Waals surface area (Å²) in [5, 5.41) is 25.6. The van der Waals surface area contributed by atoms with Crippen LogP contribution >= 0.6 is 11.8 Å². The van der Waals surface area contributed by atoms with Gasteiger partial charge in [-0.1, -0.05) is 31.2 Å². The minimum absolute atomic E-state index is 0.103. The van der Waals surface area contributed by atoms with Crippen molar-refractivity contribution in [3.8, 4) is 0 Å². The highest BCUT2D eigenvalue weighted by Gasteiger charge is 2.34. The van der Waals surface area contributed by atoms with Gasteiger partial charge in [-0.3, -0.25) is 24.5 Å². The number of nitrogens with one attached hydrogen (secondary N) is 2. The summed E-state index contributed by atoms with van der Waals surface area (Å²) in [5.74, 6) is -3.04. The Bertz CT molecular complexity index is 1170. The van der Waals surface area contributed by atoms with Crippen LogP contribution in [0.1, 0.15) is 31.7 Å². The fraction of sp³-hybridized carbons (Fsp3) is 0.320. The van der Waals surface area contributed by atoms with Crippen molar-refractivity contribution in [3.63, 3.8) is 0 Å². The maximum absolute atomic E-state index is 12.9. The van der Waals surface area contributed by atoms with Crippen molar-refractivity contribution in [1.82, 2.24) is 0 Å². The van der Waals surface area contributed by atoms with Crippen molar-refractivity contribution in [2.75, 3.05) is 10.6 Å². The summed E-state index contributed by atoms with van der Waals surface area (Å²) in [5.41, 5.74) is 1.52. The molecular formula is C25H27N3O6S. The number of benzene rings is 2. The highest BCUT2D eigenvalue weighted by molar-refractivity contribution is 8.00. The molecule has 0 saturated heterocycles. The number of anilines is 2. The number of non-ortho nitro benzene ring substituents is 1. The molecule has 3 N–H and O–H groups in total. The topological polar surface area (TPSA) is 139 Å². The van der Waals surface area contributed by atoms with Crippen LogP contribution in [-0.4, -0.2) is 33.1 Å². The lowest BCUT2D eigenvalue weighted by Gasteiger charge is -2.24. The van der Waals surface area contributed by atoms with Crippen LogP contribution < -0.4 is 10.6 Å². The Morgan fingerprint density at radius 3 is 2.49 bits per heavy atom. The van der Waals surface area contributed by atoms with Crippen molar-refractivity contribution in [1.29, 1.82) is 0 Å². The SMILES string of the molecule is CCC(Sc1cccc(NC(=O)C2CC=CCC2C(=O)O)c1)C(=O)Nc1cc([N+](=O)[O-])ccc1C. The third kappa shape index (κ3) is 6.69. The van der Waals surface area contributed by atoms with Crippen LogP contribution in [0.4, 0.5) is 17.1 Å². The van der Waals surface area contributed by atoms with Crippen molar-refractivity contribution in [2.45, 2.75) is 43.3 Å². The number of thioether (sulfide) groups is 1. The smallest absolute Gasteiger partial charge is 0.307 e. The Hall–Kier alpha value is -3.66. The van der Waals surface area contributed by atoms with E-state index in [0.717, 1.165) is 4.90 Å². The average molecular weight is 498 g/mol. The molecule has 10 heteroatoms. The number of nitrogens with zero attached hydrogens (tertiary/aromatic N) is 1. The highest BCUT2D eigenvalue weighted by atomic mass is 32.2. The van der Waals surface area contributed by atoms with E-state index < -0.39 is 28.0 Å². The van der Waals surface area contributed by atoms with E-state index in [1.54, 1.807) is 37.3 Å². The largest absolute Gasteiger partial charge is 0.481 e. The third-order valence-electron chi connectivity index (χ3n) is 5.82. The van der Waals surface area contributed by atoms with Crippen LogP contribution in [0.2, 0.25) is 0 Å². The highest BCUT2D eigenvalue weighted by Crippen LogP contribution is 2.31. The Kier molecular flexibility index (Phi) is 8.64. The number of carbonyl (C=O) groups excluding carboxylic acids is 2. The number of rotatable bonds is 9. The zero-order valence-electron chi connectivity index (χ0n) is 19.4. The minimum atomic E-state index is -0.991. The number of allylic oxidation sites excluding steroid dienone is 2. The monoisotopic (exact) mass is 497 g/mol. The molecule has 9 nitrogen and oxygen atoms in total. The molecule has 0 fully saturated rings. The van der Waals surface area contributed by atoms with Gasteiger partial charge >= 0.3 is 5.97 Å². The Balaban J connectivity index is 1.68. The fourth-order valence-electron chi connectivity index (χ4n) is 3.82. The molecule has 3 atom stereocenters. The van der Waals surface area contributed by atoms with Gasteiger partial charge in [0.05, 0.1) is 27.7 Å². The first-order valence-corrected chi connectivity index (χ1v) is 12.1. The van der Waals surface area contributed by atoms with Crippen LogP contribution in [0.15, 0.2) is 59.5 Å². The van der Waals surface area contributed by atoms with E-state index in [4.69, 9.17) is 0 Å². The van der Waals surface area contributed by atoms with Gasteiger partial charge in [0.1, 0.15) is 0 Å². The number of carboxylic acids is 1. The number of hydrogen-bond donors (Lipinski definition) is 3. The van der Waals surface area contributed by atoms with Gasteiger partial charge in [-0.25, -0.2) is 0 Å². The molecule has 0 spiro atoms. The van der Waals surface area contributed by atoms with Crippen LogP contribution in [0.25, 0.3) is 0 Å². The van der Waals surface area contributed by atoms with E-state index in [2.05, 4.69) is 10.6 Å². The summed E-state index contributed by atoms with van der Waals surface area (Å²) in [6.45, 7) is 3.63. The number of hydrogen-bond acceptors (Lipinski definition) is 6. The fourth-order valence-corrected chi connectivity index (χ4v) is 4.83. The molecule has 2 amide bonds. The van der Waals surface area contributed by atoms with Gasteiger partial charge in [-0.2, -0.15) is 0 Å². The van der Waals surface area contributed by atoms with E-state index >= 15 is 0 Å². The zero-order chi connectivity index (χ0) is 25.5. The molecule has 3 rings (SSSR count). The van der Waals surface area contributed by atoms with Crippen molar-refractivity contribution in [3.05, 3.63) is 70.3 Å². The summed E-state index contributed by atoms with van der Waals surface area (Å²) in [6, 6.07) is 11.3. The Morgan fingerprint density at radius 2 is 1.83 bits per heavy atom. The first kappa shape index (κ1) is 26.0. The molecule has 35 heavy (non-hydrogen) atoms. The molecule has 3 unspecified atom stereocenters. The maximum Gasteiger partial charge on any atom is 0.307 e. The quantitative estimate of drug-likeness (QED) is 0.191. The Labute approximate surface area is 207 Å². The van der Waals surface area contributed by atoms with Gasteiger partial charge in [0.25, 0.3) is 5.69 Å². The number of amides is 2. The second-order valence-electron chi connectivity index (χ2n) is 8.27. The maximum atomic E-state index is 12.9. The second-order valence-corrected chi connectivity index (χ2v) is 9.55. The molecule has 184 valence electrons. The summed E-state index contributed by atoms with van der Waals surface area (Å²) < 4.78 is 0. The molecular weight excluding hydrogens is 470 g/mol. The van der Waals surface area contributed by atoms with Crippen LogP contribution in [-0.2, 0) is 14.4 Å². The van der Waals surface area contributed by atoms with Gasteiger partial charge in [-0.15, -0.1) is 11.8 Å². The number of nitro groups is 1. The van der Waals surface area contributed by atoms with E-state index in [1.807, 2.05) is 19.1 Å². The summed E-state index contributed by atoms with van der Waals surface area (Å²) in [6.07, 6.45) is 4.80. The molecule has 0 saturated carbocycles. The molecule has 1 aliphatic carbocycles. The summed E-state index contributed by atoms with van der Waals surface area (Å²) in [7, 11) is 0. The van der Waals surface area contributed by atoms with Crippen LogP contribution in [0.3, 0.4) is 0 Å². The number of aliphatic carboxylic acids is 1. The zero-order valence-corrected chi connectivity index (χ0v) is 20.2. The van der Waals surface area contributed by atoms with Crippen LogP contribution in [0.5, 0.6) is 0 Å². The average Bonchev–Trinajstić information content (AvgIpc) is 2.83. The van der Waals surface area contributed by atoms with Crippen molar-refractivity contribution in [2.24, 2.45) is 11.8 Å². The van der Waals surface area contributed by atoms with E-state index in [-0.39, 0.29) is 17.5 Å². The molecule has 2 aromatic rings. The molecule has 2 aromatic carbocycles. The first-order valence-electron chi connectivity index (χ1n) is 11.2. The Morgan fingerprint density at radius 1 is 1.11 bits per heavy atom. The van der Waals surface area contributed by atoms with Crippen LogP contribution in [0, 0.1) is 28.9 Å². The lowest BCUT2D eigenvalue weighted by atomic mass is 9.82. The first-order chi connectivity index (χ1) is 16.7. The predicted octanol–water partition coefficient (Wildman–Crippen LogP) is 5.02. The lowest BCUT2D eigenvalue weighted by Crippen LogP contribution is -2.34. The standard InChI is InChI=1S/C25H27N3O6S/c1-3-22(24(30)27-21-14-17(28(33)34)12-11-15(21)2)35-18-8-6-7-16(13-18)26-23(29)19-9-4-5-10-20(19)25(31)32/h4-8,11-14,19-20,22H,3,9-10H2,1-2H3,(H,26,29)(H,27,30)(H,31,32). The summed E-state index contributed by atoms with van der Waals surface area (Å²) >= 11 is 1.31. The van der Waals surface area contributed by atoms with E-state index in [0.29, 0.717) is 36.2 Å². The molecule has 0 bridgehead atoms. The van der Waals surface area contributed by atoms with Crippen molar-refractivity contribution >= 4 is 46.6 Å². The van der Waals surface area contributed by atoms with Gasteiger partial charge in [0.2, 0.25) is 11.8 Å². The number of nitro benzene ring substituents is 1. The van der Waals surface area contributed by atoms with Crippen molar-refractivity contribution < 1.29 is 24.4 Å². The molecule has 0 aliphatic heterocycles. The lowest BCUT2D eigenvalue weighted by molar-refractivity contribution is -0.384. The summed E-state index contributed by atoms with van der Waals surface area (Å²) in [4.78, 5) is 48.5. The molecule has 0 aromatic heterocycles. The molecule has 0 radical (unpaired) electrons. The third-order valence-corrected chi connectivity index (χ3v) is 7.18. The van der Waals surface area contributed by atoms with E-state index in [9.17, 15) is 29.6 Å². The van der Waals surface area contributed by atoms with Gasteiger partial charge < -0.3 is 15.7 Å². The second kappa shape index (κ2) is 11.7. The molecule has 1 aliphatic rings. The van der Waals surface area contributed by atoms with E-state index in [1.165, 1.54) is 23.9 Å². The number of aryl methyl sites for hydroxylation is 1. The van der Waals surface area contributed by atoms with Gasteiger partial charge in [-0.05, 0) is 49.9 Å². The van der Waals surface area contributed by atoms with Gasteiger partial charge in [0, 0.05) is 22.7 Å². The predicted molar refractivity (Wildman–Crippen MR) is 134 cm³/mol. The normalized spacial score (nSPS) is 17.9.